The van der Waals surface area contributed by atoms with Crippen molar-refractivity contribution in [3.05, 3.63) is 101 Å². The van der Waals surface area contributed by atoms with E-state index in [-0.39, 0.29) is 0 Å². The SMILES string of the molecule is CN(C)c1ccc(/C=C\c2cc(/C=C/c3ccc(N(C)C)cc3)nc3ccccc23)cc1. The Kier molecular flexibility index (Phi) is 6.37. The van der Waals surface area contributed by atoms with Crippen LogP contribution < -0.4 is 9.80 Å². The normalized spacial score (nSPS) is 11.5. The second kappa shape index (κ2) is 9.52. The lowest BCUT2D eigenvalue weighted by Crippen LogP contribution is -2.07. The standard InChI is InChI=1S/C29H29N3/c1-31(2)26-17-11-22(12-18-26)9-15-24-21-25(30-29-8-6-5-7-28(24)29)16-10-23-13-19-27(20-14-23)32(3)4/h5-21H,1-4H3/b15-9-,16-10+. The number of rotatable bonds is 6. The smallest absolute Gasteiger partial charge is 0.0715 e. The molecule has 1 aromatic heterocycles. The molecule has 32 heavy (non-hydrogen) atoms. The molecule has 4 rings (SSSR count). The van der Waals surface area contributed by atoms with Crippen LogP contribution in [0.15, 0.2) is 78.9 Å². The molecule has 3 nitrogen and oxygen atoms in total. The monoisotopic (exact) mass is 419 g/mol. The zero-order chi connectivity index (χ0) is 22.5. The number of para-hydroxylation sites is 1. The molecule has 0 bridgehead atoms. The van der Waals surface area contributed by atoms with E-state index in [1.165, 1.54) is 16.9 Å². The summed E-state index contributed by atoms with van der Waals surface area (Å²) in [5.41, 5.74) is 7.83. The Morgan fingerprint density at radius 2 is 1.12 bits per heavy atom. The number of fused-ring (bicyclic) bond motifs is 1. The molecule has 0 amide bonds. The van der Waals surface area contributed by atoms with E-state index in [1.807, 2.05) is 6.07 Å². The number of anilines is 2. The van der Waals surface area contributed by atoms with Crippen molar-refractivity contribution in [1.29, 1.82) is 0 Å². The van der Waals surface area contributed by atoms with Gasteiger partial charge in [-0.15, -0.1) is 0 Å². The van der Waals surface area contributed by atoms with Gasteiger partial charge in [0.25, 0.3) is 0 Å². The molecular formula is C29H29N3. The first-order valence-corrected chi connectivity index (χ1v) is 10.8. The van der Waals surface area contributed by atoms with Crippen molar-refractivity contribution >= 4 is 46.6 Å². The predicted molar refractivity (Wildman–Crippen MR) is 141 cm³/mol. The molecule has 160 valence electrons. The van der Waals surface area contributed by atoms with Gasteiger partial charge in [-0.05, 0) is 59.2 Å². The molecule has 0 aliphatic carbocycles. The van der Waals surface area contributed by atoms with Crippen molar-refractivity contribution in [2.75, 3.05) is 38.0 Å². The molecule has 0 aliphatic heterocycles. The molecule has 0 unspecified atom stereocenters. The maximum absolute atomic E-state index is 4.85. The van der Waals surface area contributed by atoms with Crippen LogP contribution in [0.5, 0.6) is 0 Å². The molecule has 4 aromatic rings. The highest BCUT2D eigenvalue weighted by Crippen LogP contribution is 2.23. The summed E-state index contributed by atoms with van der Waals surface area (Å²) >= 11 is 0. The lowest BCUT2D eigenvalue weighted by Gasteiger charge is -2.12. The summed E-state index contributed by atoms with van der Waals surface area (Å²) in [7, 11) is 8.21. The minimum absolute atomic E-state index is 0.947. The molecule has 0 N–H and O–H groups in total. The van der Waals surface area contributed by atoms with Crippen molar-refractivity contribution in [1.82, 2.24) is 4.98 Å². The number of nitrogens with zero attached hydrogens (tertiary/aromatic N) is 3. The van der Waals surface area contributed by atoms with Crippen molar-refractivity contribution < 1.29 is 0 Å². The highest BCUT2D eigenvalue weighted by molar-refractivity contribution is 5.92. The van der Waals surface area contributed by atoms with Gasteiger partial charge in [0.15, 0.2) is 0 Å². The van der Waals surface area contributed by atoms with Crippen molar-refractivity contribution in [2.45, 2.75) is 0 Å². The van der Waals surface area contributed by atoms with Crippen LogP contribution in [0.25, 0.3) is 35.2 Å². The first-order valence-electron chi connectivity index (χ1n) is 10.8. The third-order valence-electron chi connectivity index (χ3n) is 5.49. The van der Waals surface area contributed by atoms with Gasteiger partial charge in [-0.2, -0.15) is 0 Å². The fourth-order valence-corrected chi connectivity index (χ4v) is 3.58. The Morgan fingerprint density at radius 1 is 0.594 bits per heavy atom. The van der Waals surface area contributed by atoms with Crippen LogP contribution in [-0.4, -0.2) is 33.2 Å². The molecule has 0 aliphatic rings. The van der Waals surface area contributed by atoms with Crippen molar-refractivity contribution in [3.63, 3.8) is 0 Å². The van der Waals surface area contributed by atoms with Crippen molar-refractivity contribution in [3.8, 4) is 0 Å². The second-order valence-corrected chi connectivity index (χ2v) is 8.29. The van der Waals surface area contributed by atoms with E-state index in [4.69, 9.17) is 4.98 Å². The molecule has 3 aromatic carbocycles. The molecule has 0 spiro atoms. The van der Waals surface area contributed by atoms with Crippen molar-refractivity contribution in [2.24, 2.45) is 0 Å². The van der Waals surface area contributed by atoms with Crippen LogP contribution in [0.4, 0.5) is 11.4 Å². The first kappa shape index (κ1) is 21.4. The van der Waals surface area contributed by atoms with Crippen LogP contribution in [0.2, 0.25) is 0 Å². The summed E-state index contributed by atoms with van der Waals surface area (Å²) in [6.45, 7) is 0. The van der Waals surface area contributed by atoms with Gasteiger partial charge < -0.3 is 9.80 Å². The van der Waals surface area contributed by atoms with Gasteiger partial charge in [0, 0.05) is 45.0 Å². The Hall–Kier alpha value is -3.85. The summed E-state index contributed by atoms with van der Waals surface area (Å²) in [6, 6.07) is 27.5. The number of benzene rings is 3. The average molecular weight is 420 g/mol. The van der Waals surface area contributed by atoms with E-state index in [2.05, 4.69) is 135 Å². The highest BCUT2D eigenvalue weighted by Gasteiger charge is 2.03. The van der Waals surface area contributed by atoms with Gasteiger partial charge in [0.1, 0.15) is 0 Å². The Morgan fingerprint density at radius 3 is 1.69 bits per heavy atom. The van der Waals surface area contributed by atoms with Crippen LogP contribution in [0.3, 0.4) is 0 Å². The van der Waals surface area contributed by atoms with E-state index in [1.54, 1.807) is 0 Å². The van der Waals surface area contributed by atoms with E-state index in [0.717, 1.165) is 27.7 Å². The Bertz CT molecular complexity index is 1250. The van der Waals surface area contributed by atoms with Gasteiger partial charge in [0.05, 0.1) is 11.2 Å². The highest BCUT2D eigenvalue weighted by atomic mass is 15.1. The minimum atomic E-state index is 0.947. The number of hydrogen-bond donors (Lipinski definition) is 0. The zero-order valence-electron chi connectivity index (χ0n) is 19.2. The lowest BCUT2D eigenvalue weighted by molar-refractivity contribution is 1.13. The lowest BCUT2D eigenvalue weighted by atomic mass is 10.0. The number of hydrogen-bond acceptors (Lipinski definition) is 3. The van der Waals surface area contributed by atoms with Gasteiger partial charge in [-0.1, -0.05) is 60.7 Å². The maximum Gasteiger partial charge on any atom is 0.0715 e. The maximum atomic E-state index is 4.85. The number of pyridine rings is 1. The van der Waals surface area contributed by atoms with Gasteiger partial charge >= 0.3 is 0 Å². The summed E-state index contributed by atoms with van der Waals surface area (Å²) in [4.78, 5) is 9.06. The fraction of sp³-hybridized carbons (Fsp3) is 0.138. The Labute approximate surface area is 191 Å². The summed E-state index contributed by atoms with van der Waals surface area (Å²) < 4.78 is 0. The van der Waals surface area contributed by atoms with Crippen LogP contribution in [0.1, 0.15) is 22.4 Å². The second-order valence-electron chi connectivity index (χ2n) is 8.29. The summed E-state index contributed by atoms with van der Waals surface area (Å²) in [5, 5.41) is 1.15. The first-order chi connectivity index (χ1) is 15.5. The number of aromatic nitrogens is 1. The molecule has 0 saturated carbocycles. The molecule has 0 fully saturated rings. The van der Waals surface area contributed by atoms with E-state index in [9.17, 15) is 0 Å². The van der Waals surface area contributed by atoms with Crippen LogP contribution in [-0.2, 0) is 0 Å². The molecular weight excluding hydrogens is 390 g/mol. The minimum Gasteiger partial charge on any atom is -0.378 e. The Balaban J connectivity index is 1.63. The average Bonchev–Trinajstić information content (AvgIpc) is 2.81. The van der Waals surface area contributed by atoms with Crippen LogP contribution >= 0.6 is 0 Å². The predicted octanol–water partition coefficient (Wildman–Crippen LogP) is 6.71. The third kappa shape index (κ3) is 5.06. The van der Waals surface area contributed by atoms with E-state index >= 15 is 0 Å². The molecule has 0 saturated heterocycles. The fourth-order valence-electron chi connectivity index (χ4n) is 3.58. The molecule has 1 heterocycles. The topological polar surface area (TPSA) is 19.4 Å². The quantitative estimate of drug-likeness (QED) is 0.346. The molecule has 0 radical (unpaired) electrons. The molecule has 0 atom stereocenters. The van der Waals surface area contributed by atoms with Gasteiger partial charge in [-0.3, -0.25) is 0 Å². The largest absolute Gasteiger partial charge is 0.378 e. The van der Waals surface area contributed by atoms with Crippen LogP contribution in [0, 0.1) is 0 Å². The zero-order valence-corrected chi connectivity index (χ0v) is 19.2. The van der Waals surface area contributed by atoms with Gasteiger partial charge in [-0.25, -0.2) is 4.98 Å². The van der Waals surface area contributed by atoms with E-state index < -0.39 is 0 Å². The summed E-state index contributed by atoms with van der Waals surface area (Å²) in [6.07, 6.45) is 8.54. The van der Waals surface area contributed by atoms with E-state index in [0.29, 0.717) is 0 Å². The summed E-state index contributed by atoms with van der Waals surface area (Å²) in [5.74, 6) is 0. The molecule has 3 heteroatoms. The van der Waals surface area contributed by atoms with Gasteiger partial charge in [0.2, 0.25) is 0 Å². The third-order valence-corrected chi connectivity index (χ3v) is 5.49.